The van der Waals surface area contributed by atoms with E-state index in [0.29, 0.717) is 12.2 Å². The molecule has 110 valence electrons. The number of likely N-dealkylation sites (N-methyl/N-ethyl adjacent to an activating group) is 1. The van der Waals surface area contributed by atoms with Crippen LogP contribution in [-0.2, 0) is 4.79 Å². The fourth-order valence-corrected chi connectivity index (χ4v) is 1.97. The summed E-state index contributed by atoms with van der Waals surface area (Å²) in [5.74, 6) is -0.0695. The molecule has 0 aliphatic rings. The van der Waals surface area contributed by atoms with Crippen molar-refractivity contribution in [3.05, 3.63) is 35.9 Å². The van der Waals surface area contributed by atoms with Crippen LogP contribution >= 0.6 is 0 Å². The predicted octanol–water partition coefficient (Wildman–Crippen LogP) is 2.13. The number of anilines is 1. The lowest BCUT2D eigenvalue weighted by Crippen LogP contribution is -2.34. The highest BCUT2D eigenvalue weighted by Gasteiger charge is 2.01. The van der Waals surface area contributed by atoms with Crippen molar-refractivity contribution in [2.24, 2.45) is 0 Å². The number of benzene rings is 1. The van der Waals surface area contributed by atoms with E-state index in [1.54, 1.807) is 12.2 Å². The normalized spacial score (nSPS) is 11.2. The van der Waals surface area contributed by atoms with Gasteiger partial charge in [-0.3, -0.25) is 4.79 Å². The molecule has 0 saturated heterocycles. The van der Waals surface area contributed by atoms with Crippen molar-refractivity contribution in [3.63, 3.8) is 0 Å². The molecule has 0 saturated carbocycles. The third-order valence-corrected chi connectivity index (χ3v) is 3.05. The summed E-state index contributed by atoms with van der Waals surface area (Å²) < 4.78 is 0. The molecule has 1 aromatic carbocycles. The smallest absolute Gasteiger partial charge is 0.244 e. The van der Waals surface area contributed by atoms with Crippen LogP contribution in [0.1, 0.15) is 25.8 Å². The molecule has 0 aromatic heterocycles. The Morgan fingerprint density at radius 1 is 1.35 bits per heavy atom. The van der Waals surface area contributed by atoms with E-state index in [2.05, 4.69) is 24.1 Å². The lowest BCUT2D eigenvalue weighted by Gasteiger charge is -2.19. The number of nitrogens with zero attached hydrogens (tertiary/aromatic N) is 1. The minimum Gasteiger partial charge on any atom is -0.399 e. The molecule has 0 radical (unpaired) electrons. The van der Waals surface area contributed by atoms with Crippen LogP contribution in [0.5, 0.6) is 0 Å². The van der Waals surface area contributed by atoms with Crippen LogP contribution in [0.2, 0.25) is 0 Å². The molecule has 1 aromatic rings. The number of rotatable bonds is 8. The number of nitrogens with two attached hydrogens (primary N) is 1. The molecular weight excluding hydrogens is 250 g/mol. The number of carbonyl (C=O) groups is 1. The highest BCUT2D eigenvalue weighted by Crippen LogP contribution is 2.07. The van der Waals surface area contributed by atoms with Crippen LogP contribution in [0.3, 0.4) is 0 Å². The second-order valence-corrected chi connectivity index (χ2v) is 4.73. The van der Waals surface area contributed by atoms with Gasteiger partial charge in [0, 0.05) is 24.9 Å². The monoisotopic (exact) mass is 275 g/mol. The van der Waals surface area contributed by atoms with Gasteiger partial charge in [0.05, 0.1) is 0 Å². The van der Waals surface area contributed by atoms with E-state index in [-0.39, 0.29) is 5.91 Å². The Balaban J connectivity index is 2.33. The van der Waals surface area contributed by atoms with Crippen molar-refractivity contribution < 1.29 is 4.79 Å². The lowest BCUT2D eigenvalue weighted by molar-refractivity contribution is -0.116. The van der Waals surface area contributed by atoms with E-state index in [9.17, 15) is 4.79 Å². The summed E-state index contributed by atoms with van der Waals surface area (Å²) in [6.07, 6.45) is 4.46. The van der Waals surface area contributed by atoms with E-state index in [4.69, 9.17) is 5.73 Å². The first-order chi connectivity index (χ1) is 9.65. The van der Waals surface area contributed by atoms with E-state index in [1.807, 2.05) is 24.3 Å². The van der Waals surface area contributed by atoms with Gasteiger partial charge in [-0.2, -0.15) is 0 Å². The summed E-state index contributed by atoms with van der Waals surface area (Å²) in [5, 5.41) is 2.89. The Morgan fingerprint density at radius 2 is 2.15 bits per heavy atom. The van der Waals surface area contributed by atoms with Crippen molar-refractivity contribution >= 4 is 17.7 Å². The first-order valence-corrected chi connectivity index (χ1v) is 7.19. The van der Waals surface area contributed by atoms with Gasteiger partial charge in [0.25, 0.3) is 0 Å². The molecule has 0 aliphatic carbocycles. The zero-order chi connectivity index (χ0) is 14.8. The van der Waals surface area contributed by atoms with Gasteiger partial charge in [-0.15, -0.1) is 0 Å². The van der Waals surface area contributed by atoms with Crippen LogP contribution in [0, 0.1) is 0 Å². The van der Waals surface area contributed by atoms with Crippen LogP contribution in [0.25, 0.3) is 6.08 Å². The third-order valence-electron chi connectivity index (χ3n) is 3.05. The molecule has 0 unspecified atom stereocenters. The van der Waals surface area contributed by atoms with E-state index < -0.39 is 0 Å². The molecule has 4 heteroatoms. The number of hydrogen-bond donors (Lipinski definition) is 2. The lowest BCUT2D eigenvalue weighted by atomic mass is 10.2. The van der Waals surface area contributed by atoms with E-state index in [0.717, 1.165) is 31.6 Å². The zero-order valence-corrected chi connectivity index (χ0v) is 12.4. The van der Waals surface area contributed by atoms with Crippen LogP contribution in [0.4, 0.5) is 5.69 Å². The molecule has 0 heterocycles. The summed E-state index contributed by atoms with van der Waals surface area (Å²) in [4.78, 5) is 14.0. The van der Waals surface area contributed by atoms with Crippen molar-refractivity contribution in [2.45, 2.75) is 20.3 Å². The molecule has 1 rings (SSSR count). The van der Waals surface area contributed by atoms with Gasteiger partial charge in [0.1, 0.15) is 0 Å². The average Bonchev–Trinajstić information content (AvgIpc) is 2.44. The quantitative estimate of drug-likeness (QED) is 0.564. The third kappa shape index (κ3) is 6.38. The van der Waals surface area contributed by atoms with Crippen molar-refractivity contribution in [1.29, 1.82) is 0 Å². The Kier molecular flexibility index (Phi) is 7.43. The summed E-state index contributed by atoms with van der Waals surface area (Å²) in [7, 11) is 0. The minimum absolute atomic E-state index is 0.0695. The number of carbonyl (C=O) groups excluding carboxylic acids is 1. The highest BCUT2D eigenvalue weighted by atomic mass is 16.1. The molecule has 1 amide bonds. The first kappa shape index (κ1) is 16.2. The molecule has 0 aliphatic heterocycles. The standard InChI is InChI=1S/C16H25N3O/c1-3-11-19(4-2)12-10-18-16(20)9-8-14-6-5-7-15(17)13-14/h5-9,13H,3-4,10-12,17H2,1-2H3,(H,18,20)/b9-8+. The fraction of sp³-hybridized carbons (Fsp3) is 0.438. The number of nitrogens with one attached hydrogen (secondary N) is 1. The van der Waals surface area contributed by atoms with E-state index in [1.165, 1.54) is 0 Å². The average molecular weight is 275 g/mol. The van der Waals surface area contributed by atoms with Gasteiger partial charge in [-0.05, 0) is 43.3 Å². The molecule has 0 atom stereocenters. The van der Waals surface area contributed by atoms with Gasteiger partial charge in [-0.25, -0.2) is 0 Å². The van der Waals surface area contributed by atoms with Gasteiger partial charge in [0.15, 0.2) is 0 Å². The second kappa shape index (κ2) is 9.15. The Labute approximate surface area is 121 Å². The van der Waals surface area contributed by atoms with Gasteiger partial charge in [0.2, 0.25) is 5.91 Å². The van der Waals surface area contributed by atoms with Crippen molar-refractivity contribution in [3.8, 4) is 0 Å². The number of hydrogen-bond acceptors (Lipinski definition) is 3. The first-order valence-electron chi connectivity index (χ1n) is 7.19. The summed E-state index contributed by atoms with van der Waals surface area (Å²) in [6.45, 7) is 7.96. The molecule has 4 nitrogen and oxygen atoms in total. The Morgan fingerprint density at radius 3 is 2.80 bits per heavy atom. The molecule has 20 heavy (non-hydrogen) atoms. The van der Waals surface area contributed by atoms with Crippen LogP contribution in [0.15, 0.2) is 30.3 Å². The number of amides is 1. The maximum Gasteiger partial charge on any atom is 0.244 e. The molecule has 3 N–H and O–H groups in total. The molecule has 0 bridgehead atoms. The maximum absolute atomic E-state index is 11.7. The Bertz CT molecular complexity index is 443. The summed E-state index contributed by atoms with van der Waals surface area (Å²) in [6, 6.07) is 7.45. The largest absolute Gasteiger partial charge is 0.399 e. The second-order valence-electron chi connectivity index (χ2n) is 4.73. The van der Waals surface area contributed by atoms with Crippen molar-refractivity contribution in [2.75, 3.05) is 31.9 Å². The van der Waals surface area contributed by atoms with Gasteiger partial charge >= 0.3 is 0 Å². The predicted molar refractivity (Wildman–Crippen MR) is 85.3 cm³/mol. The molecule has 0 spiro atoms. The summed E-state index contributed by atoms with van der Waals surface area (Å²) in [5.41, 5.74) is 7.31. The van der Waals surface area contributed by atoms with Crippen molar-refractivity contribution in [1.82, 2.24) is 10.2 Å². The highest BCUT2D eigenvalue weighted by molar-refractivity contribution is 5.91. The van der Waals surface area contributed by atoms with E-state index >= 15 is 0 Å². The molecular formula is C16H25N3O. The minimum atomic E-state index is -0.0695. The number of nitrogen functional groups attached to an aromatic ring is 1. The zero-order valence-electron chi connectivity index (χ0n) is 12.4. The summed E-state index contributed by atoms with van der Waals surface area (Å²) >= 11 is 0. The SMILES string of the molecule is CCCN(CC)CCNC(=O)/C=C/c1cccc(N)c1. The van der Waals surface area contributed by atoms with Crippen LogP contribution < -0.4 is 11.1 Å². The topological polar surface area (TPSA) is 58.4 Å². The van der Waals surface area contributed by atoms with Crippen LogP contribution in [-0.4, -0.2) is 37.0 Å². The maximum atomic E-state index is 11.7. The van der Waals surface area contributed by atoms with Gasteiger partial charge in [-0.1, -0.05) is 26.0 Å². The van der Waals surface area contributed by atoms with Gasteiger partial charge < -0.3 is 16.0 Å². The molecule has 0 fully saturated rings. The fourth-order valence-electron chi connectivity index (χ4n) is 1.97. The Hall–Kier alpha value is -1.81.